The van der Waals surface area contributed by atoms with Gasteiger partial charge in [-0.2, -0.15) is 0 Å². The van der Waals surface area contributed by atoms with Gasteiger partial charge in [0.2, 0.25) is 5.91 Å². The average molecular weight is 278 g/mol. The zero-order valence-corrected chi connectivity index (χ0v) is 12.1. The number of carbonyl (C=O) groups is 2. The van der Waals surface area contributed by atoms with Gasteiger partial charge in [0.15, 0.2) is 0 Å². The van der Waals surface area contributed by atoms with Crippen LogP contribution in [0.25, 0.3) is 0 Å². The molecule has 0 aliphatic rings. The van der Waals surface area contributed by atoms with E-state index in [2.05, 4.69) is 5.32 Å². The Morgan fingerprint density at radius 2 is 1.85 bits per heavy atom. The summed E-state index contributed by atoms with van der Waals surface area (Å²) in [4.78, 5) is 23.4. The van der Waals surface area contributed by atoms with Gasteiger partial charge in [0, 0.05) is 0 Å². The number of carbonyl (C=O) groups excluding carboxylic acids is 1. The van der Waals surface area contributed by atoms with E-state index in [1.165, 1.54) is 0 Å². The van der Waals surface area contributed by atoms with Crippen LogP contribution in [0, 0.1) is 5.92 Å². The minimum Gasteiger partial charge on any atom is -0.480 e. The second kappa shape index (κ2) is 6.52. The second-order valence-electron chi connectivity index (χ2n) is 5.56. The second-order valence-corrected chi connectivity index (χ2v) is 5.56. The summed E-state index contributed by atoms with van der Waals surface area (Å²) in [6.07, 6.45) is 0.367. The van der Waals surface area contributed by atoms with Crippen LogP contribution in [0.4, 0.5) is 0 Å². The van der Waals surface area contributed by atoms with Crippen LogP contribution in [0.15, 0.2) is 30.3 Å². The molecule has 0 heterocycles. The third-order valence-corrected chi connectivity index (χ3v) is 3.16. The van der Waals surface area contributed by atoms with Crippen LogP contribution in [0.2, 0.25) is 0 Å². The predicted molar refractivity (Wildman–Crippen MR) is 77.0 cm³/mol. The number of hydrogen-bond donors (Lipinski definition) is 3. The van der Waals surface area contributed by atoms with Crippen molar-refractivity contribution in [3.05, 3.63) is 35.9 Å². The highest BCUT2D eigenvalue weighted by molar-refractivity contribution is 5.90. The highest BCUT2D eigenvalue weighted by atomic mass is 16.4. The molecule has 0 spiro atoms. The van der Waals surface area contributed by atoms with Crippen LogP contribution >= 0.6 is 0 Å². The van der Waals surface area contributed by atoms with E-state index in [0.717, 1.165) is 0 Å². The first-order valence-corrected chi connectivity index (χ1v) is 6.63. The first kappa shape index (κ1) is 16.2. The van der Waals surface area contributed by atoms with Gasteiger partial charge in [-0.25, -0.2) is 4.79 Å². The highest BCUT2D eigenvalue weighted by Crippen LogP contribution is 2.18. The quantitative estimate of drug-likeness (QED) is 0.734. The highest BCUT2D eigenvalue weighted by Gasteiger charge is 2.33. The van der Waals surface area contributed by atoms with Crippen LogP contribution in [0.3, 0.4) is 0 Å². The van der Waals surface area contributed by atoms with E-state index in [0.29, 0.717) is 12.0 Å². The van der Waals surface area contributed by atoms with Crippen molar-refractivity contribution >= 4 is 11.9 Å². The van der Waals surface area contributed by atoms with Crippen molar-refractivity contribution in [1.29, 1.82) is 0 Å². The number of aliphatic carboxylic acids is 1. The number of nitrogens with one attached hydrogen (secondary N) is 1. The topological polar surface area (TPSA) is 92.4 Å². The Bertz CT molecular complexity index is 469. The molecule has 4 N–H and O–H groups in total. The fourth-order valence-corrected chi connectivity index (χ4v) is 1.92. The zero-order chi connectivity index (χ0) is 15.3. The Morgan fingerprint density at radius 3 is 2.30 bits per heavy atom. The Labute approximate surface area is 119 Å². The van der Waals surface area contributed by atoms with Crippen LogP contribution < -0.4 is 11.1 Å². The molecule has 1 rings (SSSR count). The number of amides is 1. The minimum atomic E-state index is -1.26. The fraction of sp³-hybridized carbons (Fsp3) is 0.467. The summed E-state index contributed by atoms with van der Waals surface area (Å²) in [6, 6.07) is 7.98. The van der Waals surface area contributed by atoms with E-state index in [1.54, 1.807) is 31.2 Å². The average Bonchev–Trinajstić information content (AvgIpc) is 2.38. The smallest absolute Gasteiger partial charge is 0.326 e. The maximum atomic E-state index is 12.3. The Hall–Kier alpha value is -1.88. The van der Waals surface area contributed by atoms with Crippen LogP contribution in [0.5, 0.6) is 0 Å². The van der Waals surface area contributed by atoms with Crippen molar-refractivity contribution in [2.45, 2.75) is 38.8 Å². The van der Waals surface area contributed by atoms with Gasteiger partial charge in [-0.05, 0) is 24.8 Å². The predicted octanol–water partition coefficient (Wildman–Crippen LogP) is 1.48. The maximum absolute atomic E-state index is 12.3. The van der Waals surface area contributed by atoms with Crippen molar-refractivity contribution in [3.8, 4) is 0 Å². The lowest BCUT2D eigenvalue weighted by molar-refractivity contribution is -0.143. The molecule has 1 amide bonds. The molecule has 20 heavy (non-hydrogen) atoms. The molecule has 5 nitrogen and oxygen atoms in total. The number of nitrogens with two attached hydrogens (primary N) is 1. The Morgan fingerprint density at radius 1 is 1.30 bits per heavy atom. The molecule has 2 atom stereocenters. The summed E-state index contributed by atoms with van der Waals surface area (Å²) in [6.45, 7) is 5.38. The van der Waals surface area contributed by atoms with Crippen LogP contribution in [-0.2, 0) is 15.1 Å². The molecule has 0 aromatic heterocycles. The van der Waals surface area contributed by atoms with E-state index < -0.39 is 23.5 Å². The third kappa shape index (κ3) is 4.06. The molecule has 0 aliphatic heterocycles. The molecule has 110 valence electrons. The molecule has 0 fully saturated rings. The van der Waals surface area contributed by atoms with Crippen molar-refractivity contribution in [2.75, 3.05) is 0 Å². The lowest BCUT2D eigenvalue weighted by atomic mass is 9.91. The van der Waals surface area contributed by atoms with Gasteiger partial charge in [-0.15, -0.1) is 0 Å². The molecule has 0 saturated carbocycles. The number of carboxylic acids is 1. The van der Waals surface area contributed by atoms with E-state index >= 15 is 0 Å². The van der Waals surface area contributed by atoms with Gasteiger partial charge in [0.05, 0.1) is 0 Å². The lowest BCUT2D eigenvalue weighted by Gasteiger charge is -2.26. The van der Waals surface area contributed by atoms with Crippen molar-refractivity contribution in [3.63, 3.8) is 0 Å². The van der Waals surface area contributed by atoms with E-state index in [4.69, 9.17) is 10.8 Å². The maximum Gasteiger partial charge on any atom is 0.326 e. The van der Waals surface area contributed by atoms with Crippen molar-refractivity contribution in [2.24, 2.45) is 11.7 Å². The van der Waals surface area contributed by atoms with E-state index in [1.807, 2.05) is 19.9 Å². The first-order chi connectivity index (χ1) is 9.25. The molecule has 5 heteroatoms. The van der Waals surface area contributed by atoms with Crippen LogP contribution in [0.1, 0.15) is 32.8 Å². The van der Waals surface area contributed by atoms with Gasteiger partial charge >= 0.3 is 5.97 Å². The number of benzene rings is 1. The van der Waals surface area contributed by atoms with Gasteiger partial charge in [0.25, 0.3) is 0 Å². The molecular weight excluding hydrogens is 256 g/mol. The summed E-state index contributed by atoms with van der Waals surface area (Å²) in [5.41, 5.74) is 5.44. The van der Waals surface area contributed by atoms with Crippen molar-refractivity contribution in [1.82, 2.24) is 5.32 Å². The van der Waals surface area contributed by atoms with E-state index in [-0.39, 0.29) is 5.92 Å². The lowest BCUT2D eigenvalue weighted by Crippen LogP contribution is -2.54. The largest absolute Gasteiger partial charge is 0.480 e. The Balaban J connectivity index is 2.85. The number of hydrogen-bond acceptors (Lipinski definition) is 3. The minimum absolute atomic E-state index is 0.164. The Kier molecular flexibility index (Phi) is 5.27. The third-order valence-electron chi connectivity index (χ3n) is 3.16. The molecular formula is C15H22N2O3. The normalized spacial score (nSPS) is 15.4. The molecule has 0 radical (unpaired) electrons. The molecule has 1 aromatic rings. The summed E-state index contributed by atoms with van der Waals surface area (Å²) in [7, 11) is 0. The summed E-state index contributed by atoms with van der Waals surface area (Å²) in [5.74, 6) is -1.37. The van der Waals surface area contributed by atoms with Gasteiger partial charge in [0.1, 0.15) is 11.6 Å². The van der Waals surface area contributed by atoms with Gasteiger partial charge in [-0.1, -0.05) is 44.2 Å². The molecule has 1 aromatic carbocycles. The summed E-state index contributed by atoms with van der Waals surface area (Å²) < 4.78 is 0. The molecule has 2 unspecified atom stereocenters. The zero-order valence-electron chi connectivity index (χ0n) is 12.1. The summed E-state index contributed by atoms with van der Waals surface area (Å²) in [5, 5.41) is 11.7. The molecule has 0 bridgehead atoms. The molecule has 0 aliphatic carbocycles. The standard InChI is InChI=1S/C15H22N2O3/c1-10(2)9-12(13(18)19)17-14(20)15(3,16)11-7-5-4-6-8-11/h4-8,10,12H,9,16H2,1-3H3,(H,17,20)(H,18,19). The summed E-state index contributed by atoms with van der Waals surface area (Å²) >= 11 is 0. The number of carboxylic acid groups (broad SMARTS) is 1. The van der Waals surface area contributed by atoms with E-state index in [9.17, 15) is 9.59 Å². The monoisotopic (exact) mass is 278 g/mol. The van der Waals surface area contributed by atoms with Gasteiger partial charge in [-0.3, -0.25) is 4.79 Å². The van der Waals surface area contributed by atoms with Crippen molar-refractivity contribution < 1.29 is 14.7 Å². The molecule has 0 saturated heterocycles. The van der Waals surface area contributed by atoms with Crippen LogP contribution in [-0.4, -0.2) is 23.0 Å². The van der Waals surface area contributed by atoms with Gasteiger partial charge < -0.3 is 16.2 Å². The fourth-order valence-electron chi connectivity index (χ4n) is 1.92. The first-order valence-electron chi connectivity index (χ1n) is 6.63. The SMILES string of the molecule is CC(C)CC(NC(=O)C(C)(N)c1ccccc1)C(=O)O. The number of rotatable bonds is 6.